The molecule has 0 heterocycles. The van der Waals surface area contributed by atoms with Crippen LogP contribution in [-0.2, 0) is 13.2 Å². The van der Waals surface area contributed by atoms with Crippen LogP contribution in [0.3, 0.4) is 0 Å². The highest BCUT2D eigenvalue weighted by atomic mass is 35.5. The molecule has 1 atom stereocenters. The molecule has 2 N–H and O–H groups in total. The number of halogens is 3. The molecule has 2 rings (SSSR count). The number of ether oxygens (including phenoxy) is 2. The van der Waals surface area contributed by atoms with E-state index in [9.17, 15) is 5.11 Å². The van der Waals surface area contributed by atoms with Crippen LogP contribution < -0.4 is 14.8 Å². The molecule has 0 aliphatic heterocycles. The molecule has 0 saturated heterocycles. The molecule has 0 spiro atoms. The molecule has 4 nitrogen and oxygen atoms in total. The molecular formula is C20H24Cl3NO3. The molecule has 0 bridgehead atoms. The standard InChI is InChI=1S/C20H24Cl3NO3/c1-3-16(11-25)24-10-13-7-18(23)20(19(8-13)26-4-2)27-12-14-5-6-15(21)9-17(14)22/h5-9,16,24-25H,3-4,10-12H2,1-2H3/t16-/m0/s1. The predicted molar refractivity (Wildman–Crippen MR) is 111 cm³/mol. The van der Waals surface area contributed by atoms with Gasteiger partial charge in [-0.05, 0) is 43.2 Å². The summed E-state index contributed by atoms with van der Waals surface area (Å²) < 4.78 is 11.6. The topological polar surface area (TPSA) is 50.7 Å². The molecule has 0 radical (unpaired) electrons. The summed E-state index contributed by atoms with van der Waals surface area (Å²) in [6.07, 6.45) is 0.839. The van der Waals surface area contributed by atoms with Gasteiger partial charge in [-0.15, -0.1) is 0 Å². The Labute approximate surface area is 175 Å². The molecule has 0 unspecified atom stereocenters. The van der Waals surface area contributed by atoms with Crippen molar-refractivity contribution in [1.29, 1.82) is 0 Å². The Morgan fingerprint density at radius 1 is 1.04 bits per heavy atom. The Morgan fingerprint density at radius 3 is 2.44 bits per heavy atom. The smallest absolute Gasteiger partial charge is 0.180 e. The number of rotatable bonds is 10. The number of hydrogen-bond acceptors (Lipinski definition) is 4. The first-order chi connectivity index (χ1) is 13.0. The molecule has 27 heavy (non-hydrogen) atoms. The lowest BCUT2D eigenvalue weighted by atomic mass is 10.1. The van der Waals surface area contributed by atoms with Gasteiger partial charge in [0.15, 0.2) is 11.5 Å². The predicted octanol–water partition coefficient (Wildman–Crippen LogP) is 5.49. The Hall–Kier alpha value is -1.17. The van der Waals surface area contributed by atoms with Crippen LogP contribution in [0.25, 0.3) is 0 Å². The normalized spacial score (nSPS) is 12.1. The fraction of sp³-hybridized carbons (Fsp3) is 0.400. The van der Waals surface area contributed by atoms with Gasteiger partial charge in [0.1, 0.15) is 6.61 Å². The molecule has 2 aromatic carbocycles. The second-order valence-electron chi connectivity index (χ2n) is 6.03. The van der Waals surface area contributed by atoms with Crippen LogP contribution in [0.2, 0.25) is 15.1 Å². The fourth-order valence-electron chi connectivity index (χ4n) is 2.52. The van der Waals surface area contributed by atoms with Crippen molar-refractivity contribution in [3.05, 3.63) is 56.5 Å². The lowest BCUT2D eigenvalue weighted by molar-refractivity contribution is 0.238. The molecule has 0 fully saturated rings. The largest absolute Gasteiger partial charge is 0.490 e. The Kier molecular flexibility index (Phi) is 9.00. The molecule has 148 valence electrons. The molecular weight excluding hydrogens is 409 g/mol. The quantitative estimate of drug-likeness (QED) is 0.521. The molecule has 0 aromatic heterocycles. The molecule has 2 aromatic rings. The first kappa shape index (κ1) is 22.1. The summed E-state index contributed by atoms with van der Waals surface area (Å²) in [7, 11) is 0. The lowest BCUT2D eigenvalue weighted by Gasteiger charge is -2.18. The van der Waals surface area contributed by atoms with Gasteiger partial charge >= 0.3 is 0 Å². The highest BCUT2D eigenvalue weighted by Crippen LogP contribution is 2.37. The zero-order valence-corrected chi connectivity index (χ0v) is 17.7. The van der Waals surface area contributed by atoms with E-state index in [4.69, 9.17) is 44.3 Å². The number of aliphatic hydroxyl groups is 1. The summed E-state index contributed by atoms with van der Waals surface area (Å²) >= 11 is 18.6. The third-order valence-electron chi connectivity index (χ3n) is 4.06. The molecule has 0 amide bonds. The van der Waals surface area contributed by atoms with Crippen molar-refractivity contribution in [3.63, 3.8) is 0 Å². The maximum Gasteiger partial charge on any atom is 0.180 e. The van der Waals surface area contributed by atoms with Crippen molar-refractivity contribution < 1.29 is 14.6 Å². The van der Waals surface area contributed by atoms with E-state index < -0.39 is 0 Å². The molecule has 0 aliphatic rings. The number of hydrogen-bond donors (Lipinski definition) is 2. The van der Waals surface area contributed by atoms with Gasteiger partial charge in [-0.25, -0.2) is 0 Å². The van der Waals surface area contributed by atoms with Crippen LogP contribution in [-0.4, -0.2) is 24.4 Å². The first-order valence-electron chi connectivity index (χ1n) is 8.84. The van der Waals surface area contributed by atoms with Crippen molar-refractivity contribution in [2.75, 3.05) is 13.2 Å². The maximum atomic E-state index is 9.31. The van der Waals surface area contributed by atoms with Gasteiger partial charge in [0.2, 0.25) is 0 Å². The van der Waals surface area contributed by atoms with Crippen molar-refractivity contribution in [3.8, 4) is 11.5 Å². The van der Waals surface area contributed by atoms with Crippen molar-refractivity contribution in [2.45, 2.75) is 39.5 Å². The van der Waals surface area contributed by atoms with E-state index in [0.29, 0.717) is 39.7 Å². The van der Waals surface area contributed by atoms with Crippen molar-refractivity contribution >= 4 is 34.8 Å². The zero-order valence-electron chi connectivity index (χ0n) is 15.4. The van der Waals surface area contributed by atoms with Crippen LogP contribution in [0.1, 0.15) is 31.4 Å². The second kappa shape index (κ2) is 11.0. The van der Waals surface area contributed by atoms with E-state index in [2.05, 4.69) is 5.32 Å². The summed E-state index contributed by atoms with van der Waals surface area (Å²) in [5, 5.41) is 14.2. The minimum Gasteiger partial charge on any atom is -0.490 e. The van der Waals surface area contributed by atoms with E-state index in [1.54, 1.807) is 12.1 Å². The van der Waals surface area contributed by atoms with Gasteiger partial charge in [0, 0.05) is 28.2 Å². The second-order valence-corrected chi connectivity index (χ2v) is 7.28. The average Bonchev–Trinajstić information content (AvgIpc) is 2.63. The van der Waals surface area contributed by atoms with E-state index in [1.807, 2.05) is 32.0 Å². The minimum absolute atomic E-state index is 0.0438. The van der Waals surface area contributed by atoms with Gasteiger partial charge < -0.3 is 19.9 Å². The van der Waals surface area contributed by atoms with Gasteiger partial charge in [0.05, 0.1) is 18.2 Å². The Morgan fingerprint density at radius 2 is 1.81 bits per heavy atom. The van der Waals surface area contributed by atoms with Gasteiger partial charge in [-0.3, -0.25) is 0 Å². The maximum absolute atomic E-state index is 9.31. The fourth-order valence-corrected chi connectivity index (χ4v) is 3.27. The van der Waals surface area contributed by atoms with E-state index in [0.717, 1.165) is 17.5 Å². The van der Waals surface area contributed by atoms with Crippen LogP contribution in [0, 0.1) is 0 Å². The van der Waals surface area contributed by atoms with Crippen LogP contribution in [0.5, 0.6) is 11.5 Å². The third kappa shape index (κ3) is 6.44. The van der Waals surface area contributed by atoms with Crippen LogP contribution >= 0.6 is 34.8 Å². The zero-order chi connectivity index (χ0) is 19.8. The van der Waals surface area contributed by atoms with Crippen LogP contribution in [0.4, 0.5) is 0 Å². The summed E-state index contributed by atoms with van der Waals surface area (Å²) in [5.74, 6) is 1.05. The Bertz CT molecular complexity index is 751. The molecule has 7 heteroatoms. The third-order valence-corrected chi connectivity index (χ3v) is 4.93. The number of aliphatic hydroxyl groups excluding tert-OH is 1. The molecule has 0 aliphatic carbocycles. The summed E-state index contributed by atoms with van der Waals surface area (Å²) in [5.41, 5.74) is 1.76. The van der Waals surface area contributed by atoms with Crippen molar-refractivity contribution in [1.82, 2.24) is 5.32 Å². The Balaban J connectivity index is 2.17. The van der Waals surface area contributed by atoms with E-state index in [1.165, 1.54) is 0 Å². The average molecular weight is 433 g/mol. The number of benzene rings is 2. The minimum atomic E-state index is 0.0438. The van der Waals surface area contributed by atoms with E-state index in [-0.39, 0.29) is 19.3 Å². The highest BCUT2D eigenvalue weighted by molar-refractivity contribution is 6.35. The summed E-state index contributed by atoms with van der Waals surface area (Å²) in [4.78, 5) is 0. The van der Waals surface area contributed by atoms with Gasteiger partial charge in [-0.1, -0.05) is 47.8 Å². The van der Waals surface area contributed by atoms with Crippen molar-refractivity contribution in [2.24, 2.45) is 0 Å². The first-order valence-corrected chi connectivity index (χ1v) is 9.98. The van der Waals surface area contributed by atoms with Crippen LogP contribution in [0.15, 0.2) is 30.3 Å². The number of nitrogens with one attached hydrogen (secondary N) is 1. The summed E-state index contributed by atoms with van der Waals surface area (Å²) in [6, 6.07) is 9.02. The van der Waals surface area contributed by atoms with Gasteiger partial charge in [-0.2, -0.15) is 0 Å². The van der Waals surface area contributed by atoms with Gasteiger partial charge in [0.25, 0.3) is 0 Å². The SMILES string of the molecule is CCOc1cc(CN[C@@H](CC)CO)cc(Cl)c1OCc1ccc(Cl)cc1Cl. The lowest BCUT2D eigenvalue weighted by Crippen LogP contribution is -2.31. The van der Waals surface area contributed by atoms with E-state index >= 15 is 0 Å². The highest BCUT2D eigenvalue weighted by Gasteiger charge is 2.14. The monoisotopic (exact) mass is 431 g/mol. The summed E-state index contributed by atoms with van der Waals surface area (Å²) in [6.45, 7) is 5.31. The molecule has 0 saturated carbocycles.